The molecule has 1 amide bonds. The molecule has 1 N–H and O–H groups in total. The number of carbonyl (C=O) groups excluding carboxylic acids is 1. The minimum Gasteiger partial charge on any atom is -0.461 e. The molecule has 1 aromatic heterocycles. The molecule has 0 aliphatic carbocycles. The van der Waals surface area contributed by atoms with Crippen LogP contribution >= 0.6 is 15.9 Å². The van der Waals surface area contributed by atoms with Crippen LogP contribution in [0.25, 0.3) is 10.9 Å². The number of halogens is 2. The Kier molecular flexibility index (Phi) is 7.23. The first-order valence-corrected chi connectivity index (χ1v) is 13.7. The zero-order valence-electron chi connectivity index (χ0n) is 21.7. The van der Waals surface area contributed by atoms with Crippen molar-refractivity contribution in [2.24, 2.45) is 0 Å². The zero-order chi connectivity index (χ0) is 26.4. The standard InChI is InChI=1S/C26H35BrFN5O4/c1-25(35)9-4-12-32(15-25)22-18-6-7-19(27)20(28)21(18)29-23(30-22)37-16-26-10-5-13-33(26)17(8-11-26)14-36-24(34)31(2)3/h6-7,17,35H,4-5,8-16H2,1-3H3/t17-,25+,26+/m0/s1. The number of aliphatic hydroxyl groups is 1. The van der Waals surface area contributed by atoms with Crippen LogP contribution in [0.15, 0.2) is 16.6 Å². The van der Waals surface area contributed by atoms with Gasteiger partial charge >= 0.3 is 12.1 Å². The van der Waals surface area contributed by atoms with E-state index in [1.54, 1.807) is 26.2 Å². The number of carbonyl (C=O) groups is 1. The Hall–Kier alpha value is -2.24. The van der Waals surface area contributed by atoms with E-state index in [4.69, 9.17) is 14.5 Å². The van der Waals surface area contributed by atoms with Crippen molar-refractivity contribution in [2.75, 3.05) is 51.8 Å². The molecule has 2 aromatic rings. The lowest BCUT2D eigenvalue weighted by Crippen LogP contribution is -2.48. The first-order valence-electron chi connectivity index (χ1n) is 13.0. The highest BCUT2D eigenvalue weighted by molar-refractivity contribution is 9.10. The summed E-state index contributed by atoms with van der Waals surface area (Å²) in [5, 5.41) is 11.3. The van der Waals surface area contributed by atoms with Gasteiger partial charge in [0.05, 0.1) is 15.6 Å². The molecular weight excluding hydrogens is 545 g/mol. The normalized spacial score (nSPS) is 27.9. The van der Waals surface area contributed by atoms with Gasteiger partial charge in [-0.3, -0.25) is 4.90 Å². The van der Waals surface area contributed by atoms with E-state index in [0.717, 1.165) is 38.6 Å². The molecule has 4 heterocycles. The molecule has 0 spiro atoms. The van der Waals surface area contributed by atoms with Crippen LogP contribution in [-0.4, -0.2) is 95.1 Å². The summed E-state index contributed by atoms with van der Waals surface area (Å²) in [5.74, 6) is 0.117. The second-order valence-electron chi connectivity index (χ2n) is 11.1. The number of anilines is 1. The molecule has 3 fully saturated rings. The molecule has 202 valence electrons. The number of ether oxygens (including phenoxy) is 2. The minimum absolute atomic E-state index is 0.133. The van der Waals surface area contributed by atoms with E-state index >= 15 is 4.39 Å². The van der Waals surface area contributed by atoms with Crippen molar-refractivity contribution >= 4 is 38.7 Å². The summed E-state index contributed by atoms with van der Waals surface area (Å²) in [4.78, 5) is 27.0. The highest BCUT2D eigenvalue weighted by Gasteiger charge is 2.50. The lowest BCUT2D eigenvalue weighted by molar-refractivity contribution is 0.0442. The van der Waals surface area contributed by atoms with E-state index in [-0.39, 0.29) is 29.2 Å². The van der Waals surface area contributed by atoms with Gasteiger partial charge in [-0.15, -0.1) is 0 Å². The van der Waals surface area contributed by atoms with Gasteiger partial charge in [-0.05, 0) is 80.1 Å². The molecule has 5 rings (SSSR count). The summed E-state index contributed by atoms with van der Waals surface area (Å²) in [7, 11) is 3.35. The average Bonchev–Trinajstić information content (AvgIpc) is 3.42. The zero-order valence-corrected chi connectivity index (χ0v) is 23.3. The summed E-state index contributed by atoms with van der Waals surface area (Å²) in [6.07, 6.45) is 5.03. The molecule has 37 heavy (non-hydrogen) atoms. The third-order valence-corrected chi connectivity index (χ3v) is 8.57. The van der Waals surface area contributed by atoms with Crippen molar-refractivity contribution < 1.29 is 23.8 Å². The third-order valence-electron chi connectivity index (χ3n) is 7.96. The van der Waals surface area contributed by atoms with Crippen LogP contribution in [0.2, 0.25) is 0 Å². The van der Waals surface area contributed by atoms with Crippen molar-refractivity contribution in [3.63, 3.8) is 0 Å². The second-order valence-corrected chi connectivity index (χ2v) is 11.9. The van der Waals surface area contributed by atoms with Gasteiger partial charge in [0.2, 0.25) is 0 Å². The number of hydrogen-bond acceptors (Lipinski definition) is 8. The van der Waals surface area contributed by atoms with E-state index in [1.807, 2.05) is 11.8 Å². The summed E-state index contributed by atoms with van der Waals surface area (Å²) in [6, 6.07) is 3.74. The number of fused-ring (bicyclic) bond motifs is 2. The molecule has 1 aromatic carbocycles. The Morgan fingerprint density at radius 3 is 2.78 bits per heavy atom. The van der Waals surface area contributed by atoms with E-state index in [0.29, 0.717) is 48.4 Å². The smallest absolute Gasteiger partial charge is 0.409 e. The largest absolute Gasteiger partial charge is 0.461 e. The second kappa shape index (κ2) is 10.1. The monoisotopic (exact) mass is 579 g/mol. The maximum Gasteiger partial charge on any atom is 0.409 e. The summed E-state index contributed by atoms with van der Waals surface area (Å²) in [6.45, 7) is 4.58. The van der Waals surface area contributed by atoms with E-state index < -0.39 is 11.4 Å². The number of rotatable bonds is 6. The fourth-order valence-electron chi connectivity index (χ4n) is 6.09. The van der Waals surface area contributed by atoms with Gasteiger partial charge in [-0.2, -0.15) is 9.97 Å². The Morgan fingerprint density at radius 2 is 2.03 bits per heavy atom. The molecule has 0 bridgehead atoms. The first kappa shape index (κ1) is 26.4. The maximum atomic E-state index is 15.2. The van der Waals surface area contributed by atoms with E-state index in [2.05, 4.69) is 25.8 Å². The van der Waals surface area contributed by atoms with E-state index in [1.165, 1.54) is 4.90 Å². The van der Waals surface area contributed by atoms with Gasteiger partial charge in [0, 0.05) is 38.6 Å². The maximum absolute atomic E-state index is 15.2. The highest BCUT2D eigenvalue weighted by atomic mass is 79.9. The molecular formula is C26H35BrFN5O4. The molecule has 3 aliphatic heterocycles. The van der Waals surface area contributed by atoms with Crippen molar-refractivity contribution in [3.8, 4) is 6.01 Å². The van der Waals surface area contributed by atoms with Crippen molar-refractivity contribution in [3.05, 3.63) is 22.4 Å². The molecule has 3 atom stereocenters. The average molecular weight is 580 g/mol. The van der Waals surface area contributed by atoms with Crippen LogP contribution < -0.4 is 9.64 Å². The van der Waals surface area contributed by atoms with Gasteiger partial charge in [-0.1, -0.05) is 0 Å². The van der Waals surface area contributed by atoms with Gasteiger partial charge in [0.1, 0.15) is 24.5 Å². The Morgan fingerprint density at radius 1 is 1.24 bits per heavy atom. The van der Waals surface area contributed by atoms with Crippen LogP contribution in [-0.2, 0) is 4.74 Å². The highest BCUT2D eigenvalue weighted by Crippen LogP contribution is 2.43. The van der Waals surface area contributed by atoms with Gasteiger partial charge in [0.15, 0.2) is 5.82 Å². The molecule has 9 nitrogen and oxygen atoms in total. The summed E-state index contributed by atoms with van der Waals surface area (Å²) >= 11 is 3.27. The SMILES string of the molecule is CN(C)C(=O)OC[C@@H]1CC[C@@]2(COc3nc(N4CCC[C@@](C)(O)C4)c4ccc(Br)c(F)c4n3)CCCN12. The Balaban J connectivity index is 1.39. The van der Waals surface area contributed by atoms with Crippen molar-refractivity contribution in [1.82, 2.24) is 19.8 Å². The number of β-amino-alcohol motifs (C(OH)–C–C–N with tert-alkyl or cyclic N) is 1. The van der Waals surface area contributed by atoms with Crippen LogP contribution in [0, 0.1) is 5.82 Å². The van der Waals surface area contributed by atoms with Crippen LogP contribution in [0.5, 0.6) is 6.01 Å². The summed E-state index contributed by atoms with van der Waals surface area (Å²) in [5.41, 5.74) is -0.832. The minimum atomic E-state index is -0.845. The van der Waals surface area contributed by atoms with Crippen LogP contribution in [0.4, 0.5) is 15.0 Å². The first-order chi connectivity index (χ1) is 17.6. The van der Waals surface area contributed by atoms with Gasteiger partial charge in [0.25, 0.3) is 0 Å². The lowest BCUT2D eigenvalue weighted by atomic mass is 9.95. The molecule has 0 saturated carbocycles. The number of nitrogens with zero attached hydrogens (tertiary/aromatic N) is 5. The number of piperidine rings is 1. The lowest BCUT2D eigenvalue weighted by Gasteiger charge is -2.38. The Bertz CT molecular complexity index is 1180. The fourth-order valence-corrected chi connectivity index (χ4v) is 6.41. The number of aromatic nitrogens is 2. The molecule has 3 saturated heterocycles. The predicted molar refractivity (Wildman–Crippen MR) is 141 cm³/mol. The molecule has 0 radical (unpaired) electrons. The topological polar surface area (TPSA) is 91.3 Å². The molecule has 3 aliphatic rings. The number of benzene rings is 1. The molecule has 11 heteroatoms. The van der Waals surface area contributed by atoms with E-state index in [9.17, 15) is 9.90 Å². The van der Waals surface area contributed by atoms with Crippen molar-refractivity contribution in [2.45, 2.75) is 62.6 Å². The fraction of sp³-hybridized carbons (Fsp3) is 0.654. The van der Waals surface area contributed by atoms with Gasteiger partial charge in [-0.25, -0.2) is 9.18 Å². The Labute approximate surface area is 225 Å². The quantitative estimate of drug-likeness (QED) is 0.550. The predicted octanol–water partition coefficient (Wildman–Crippen LogP) is 3.96. The van der Waals surface area contributed by atoms with Gasteiger partial charge < -0.3 is 24.4 Å². The van der Waals surface area contributed by atoms with Crippen molar-refractivity contribution in [1.29, 1.82) is 0 Å². The third kappa shape index (κ3) is 5.22. The van der Waals surface area contributed by atoms with Crippen LogP contribution in [0.1, 0.15) is 45.4 Å². The summed E-state index contributed by atoms with van der Waals surface area (Å²) < 4.78 is 27.2. The molecule has 0 unspecified atom stereocenters. The number of amides is 1. The number of hydrogen-bond donors (Lipinski definition) is 1. The van der Waals surface area contributed by atoms with Crippen LogP contribution in [0.3, 0.4) is 0 Å².